The highest BCUT2D eigenvalue weighted by molar-refractivity contribution is 5.94. The van der Waals surface area contributed by atoms with Crippen LogP contribution >= 0.6 is 0 Å². The minimum Gasteiger partial charge on any atom is -0.494 e. The van der Waals surface area contributed by atoms with E-state index >= 15 is 0 Å². The van der Waals surface area contributed by atoms with Gasteiger partial charge in [-0.1, -0.05) is 31.2 Å². The Morgan fingerprint density at radius 3 is 2.61 bits per heavy atom. The number of carbonyl (C=O) groups excluding carboxylic acids is 1. The largest absolute Gasteiger partial charge is 0.494 e. The van der Waals surface area contributed by atoms with Gasteiger partial charge >= 0.3 is 0 Å². The molecule has 1 unspecified atom stereocenters. The van der Waals surface area contributed by atoms with Gasteiger partial charge in [0.25, 0.3) is 5.91 Å². The summed E-state index contributed by atoms with van der Waals surface area (Å²) in [6.45, 7) is 6.41. The van der Waals surface area contributed by atoms with E-state index in [1.807, 2.05) is 69.3 Å². The Morgan fingerprint density at radius 1 is 1.13 bits per heavy atom. The molecule has 0 aliphatic rings. The molecule has 0 heterocycles. The Bertz CT molecular complexity index is 655. The molecule has 122 valence electrons. The molecule has 0 aromatic heterocycles. The van der Waals surface area contributed by atoms with E-state index in [4.69, 9.17) is 9.47 Å². The van der Waals surface area contributed by atoms with Gasteiger partial charge in [0.1, 0.15) is 11.5 Å². The monoisotopic (exact) mass is 313 g/mol. The third-order valence-electron chi connectivity index (χ3n) is 3.44. The van der Waals surface area contributed by atoms with Gasteiger partial charge in [-0.2, -0.15) is 0 Å². The summed E-state index contributed by atoms with van der Waals surface area (Å²) in [4.78, 5) is 12.5. The van der Waals surface area contributed by atoms with Crippen LogP contribution in [0, 0.1) is 6.92 Å². The minimum absolute atomic E-state index is 0.163. The van der Waals surface area contributed by atoms with Crippen LogP contribution in [0.3, 0.4) is 0 Å². The van der Waals surface area contributed by atoms with Crippen LogP contribution in [0.1, 0.15) is 25.8 Å². The van der Waals surface area contributed by atoms with Gasteiger partial charge in [-0.15, -0.1) is 0 Å². The van der Waals surface area contributed by atoms with E-state index in [-0.39, 0.29) is 5.91 Å². The Kier molecular flexibility index (Phi) is 6.03. The van der Waals surface area contributed by atoms with Crippen molar-refractivity contribution in [2.75, 3.05) is 11.9 Å². The molecule has 4 heteroatoms. The fourth-order valence-electron chi connectivity index (χ4n) is 2.22. The number of amides is 1. The molecule has 0 fully saturated rings. The summed E-state index contributed by atoms with van der Waals surface area (Å²) in [5, 5.41) is 2.89. The van der Waals surface area contributed by atoms with Crippen LogP contribution in [-0.4, -0.2) is 18.6 Å². The van der Waals surface area contributed by atoms with Crippen molar-refractivity contribution in [3.05, 3.63) is 54.1 Å². The van der Waals surface area contributed by atoms with Gasteiger partial charge in [-0.05, 0) is 44.0 Å². The Labute approximate surface area is 137 Å². The molecule has 4 nitrogen and oxygen atoms in total. The highest BCUT2D eigenvalue weighted by Crippen LogP contribution is 2.21. The molecule has 2 aromatic rings. The van der Waals surface area contributed by atoms with Crippen LogP contribution in [0.25, 0.3) is 0 Å². The number of hydrogen-bond donors (Lipinski definition) is 1. The molecular weight excluding hydrogens is 290 g/mol. The van der Waals surface area contributed by atoms with Gasteiger partial charge in [0.2, 0.25) is 0 Å². The third kappa shape index (κ3) is 4.74. The summed E-state index contributed by atoms with van der Waals surface area (Å²) in [5.74, 6) is 1.31. The topological polar surface area (TPSA) is 47.6 Å². The quantitative estimate of drug-likeness (QED) is 0.833. The predicted octanol–water partition coefficient (Wildman–Crippen LogP) is 4.19. The van der Waals surface area contributed by atoms with Crippen molar-refractivity contribution in [1.82, 2.24) is 0 Å². The van der Waals surface area contributed by atoms with Crippen molar-refractivity contribution in [3.8, 4) is 11.5 Å². The first-order chi connectivity index (χ1) is 11.1. The number of nitrogens with one attached hydrogen (secondary N) is 1. The van der Waals surface area contributed by atoms with E-state index in [0.717, 1.165) is 17.1 Å². The highest BCUT2D eigenvalue weighted by Gasteiger charge is 2.19. The zero-order chi connectivity index (χ0) is 16.7. The fourth-order valence-corrected chi connectivity index (χ4v) is 2.22. The predicted molar refractivity (Wildman–Crippen MR) is 92.1 cm³/mol. The maximum Gasteiger partial charge on any atom is 0.265 e. The maximum absolute atomic E-state index is 12.5. The summed E-state index contributed by atoms with van der Waals surface area (Å²) in [6, 6.07) is 15.0. The standard InChI is InChI=1S/C19H23NO3/c1-4-17(23-18-12-7-6-9-14(18)3)19(21)20-15-10-8-11-16(13-15)22-5-2/h6-13,17H,4-5H2,1-3H3,(H,20,21). The normalized spacial score (nSPS) is 11.6. The van der Waals surface area contributed by atoms with E-state index < -0.39 is 6.10 Å². The average Bonchev–Trinajstić information content (AvgIpc) is 2.54. The lowest BCUT2D eigenvalue weighted by Gasteiger charge is -2.18. The molecule has 1 N–H and O–H groups in total. The number of ether oxygens (including phenoxy) is 2. The molecular formula is C19H23NO3. The van der Waals surface area contributed by atoms with Crippen molar-refractivity contribution in [1.29, 1.82) is 0 Å². The van der Waals surface area contributed by atoms with E-state index in [0.29, 0.717) is 18.7 Å². The zero-order valence-electron chi connectivity index (χ0n) is 13.8. The molecule has 0 aliphatic carbocycles. The molecule has 2 aromatic carbocycles. The lowest BCUT2D eigenvalue weighted by atomic mass is 10.2. The lowest BCUT2D eigenvalue weighted by molar-refractivity contribution is -0.122. The highest BCUT2D eigenvalue weighted by atomic mass is 16.5. The minimum atomic E-state index is -0.535. The Morgan fingerprint density at radius 2 is 1.91 bits per heavy atom. The van der Waals surface area contributed by atoms with Crippen molar-refractivity contribution in [2.24, 2.45) is 0 Å². The maximum atomic E-state index is 12.5. The van der Waals surface area contributed by atoms with Gasteiger partial charge in [-0.3, -0.25) is 4.79 Å². The summed E-state index contributed by atoms with van der Waals surface area (Å²) in [6.07, 6.45) is 0.0533. The van der Waals surface area contributed by atoms with E-state index in [1.54, 1.807) is 0 Å². The van der Waals surface area contributed by atoms with Crippen LogP contribution < -0.4 is 14.8 Å². The van der Waals surface area contributed by atoms with Crippen molar-refractivity contribution < 1.29 is 14.3 Å². The first kappa shape index (κ1) is 16.9. The number of benzene rings is 2. The second kappa shape index (κ2) is 8.22. The molecule has 0 radical (unpaired) electrons. The van der Waals surface area contributed by atoms with Crippen molar-refractivity contribution >= 4 is 11.6 Å². The van der Waals surface area contributed by atoms with Gasteiger partial charge < -0.3 is 14.8 Å². The Balaban J connectivity index is 2.05. The molecule has 1 atom stereocenters. The average molecular weight is 313 g/mol. The summed E-state index contributed by atoms with van der Waals surface area (Å²) in [7, 11) is 0. The molecule has 0 saturated heterocycles. The molecule has 2 rings (SSSR count). The zero-order valence-corrected chi connectivity index (χ0v) is 13.8. The van der Waals surface area contributed by atoms with Crippen molar-refractivity contribution in [2.45, 2.75) is 33.3 Å². The van der Waals surface area contributed by atoms with Crippen LogP contribution in [-0.2, 0) is 4.79 Å². The first-order valence-electron chi connectivity index (χ1n) is 7.90. The molecule has 1 amide bonds. The van der Waals surface area contributed by atoms with Gasteiger partial charge in [0, 0.05) is 11.8 Å². The number of aryl methyl sites for hydroxylation is 1. The number of carbonyl (C=O) groups is 1. The molecule has 23 heavy (non-hydrogen) atoms. The number of hydrogen-bond acceptors (Lipinski definition) is 3. The van der Waals surface area contributed by atoms with Crippen LogP contribution in [0.2, 0.25) is 0 Å². The molecule has 0 bridgehead atoms. The summed E-state index contributed by atoms with van der Waals surface area (Å²) in [5.41, 5.74) is 1.71. The van der Waals surface area contributed by atoms with E-state index in [9.17, 15) is 4.79 Å². The number of rotatable bonds is 7. The molecule has 0 spiro atoms. The number of anilines is 1. The van der Waals surface area contributed by atoms with Gasteiger partial charge in [0.15, 0.2) is 6.10 Å². The summed E-state index contributed by atoms with van der Waals surface area (Å²) < 4.78 is 11.3. The van der Waals surface area contributed by atoms with E-state index in [1.165, 1.54) is 0 Å². The molecule has 0 saturated carbocycles. The van der Waals surface area contributed by atoms with Gasteiger partial charge in [-0.25, -0.2) is 0 Å². The Hall–Kier alpha value is -2.49. The van der Waals surface area contributed by atoms with Crippen LogP contribution in [0.4, 0.5) is 5.69 Å². The third-order valence-corrected chi connectivity index (χ3v) is 3.44. The second-order valence-electron chi connectivity index (χ2n) is 5.23. The smallest absolute Gasteiger partial charge is 0.265 e. The number of para-hydroxylation sites is 1. The van der Waals surface area contributed by atoms with Crippen molar-refractivity contribution in [3.63, 3.8) is 0 Å². The lowest BCUT2D eigenvalue weighted by Crippen LogP contribution is -2.32. The molecule has 0 aliphatic heterocycles. The van der Waals surface area contributed by atoms with Gasteiger partial charge in [0.05, 0.1) is 6.61 Å². The van der Waals surface area contributed by atoms with Crippen LogP contribution in [0.5, 0.6) is 11.5 Å². The second-order valence-corrected chi connectivity index (χ2v) is 5.23. The van der Waals surface area contributed by atoms with E-state index in [2.05, 4.69) is 5.32 Å². The van der Waals surface area contributed by atoms with Crippen LogP contribution in [0.15, 0.2) is 48.5 Å². The summed E-state index contributed by atoms with van der Waals surface area (Å²) >= 11 is 0. The fraction of sp³-hybridized carbons (Fsp3) is 0.316. The first-order valence-corrected chi connectivity index (χ1v) is 7.90. The SMILES string of the molecule is CCOc1cccc(NC(=O)C(CC)Oc2ccccc2C)c1.